The van der Waals surface area contributed by atoms with Crippen molar-refractivity contribution in [2.24, 2.45) is 0 Å². The lowest BCUT2D eigenvalue weighted by Gasteiger charge is -2.09. The minimum Gasteiger partial charge on any atom is -0.347 e. The predicted molar refractivity (Wildman–Crippen MR) is 76.2 cm³/mol. The first-order valence-electron chi connectivity index (χ1n) is 6.56. The molecule has 3 rings (SSSR count). The predicted octanol–water partition coefficient (Wildman–Crippen LogP) is 2.18. The largest absolute Gasteiger partial charge is 0.347 e. The number of hydrogen-bond acceptors (Lipinski definition) is 4. The van der Waals surface area contributed by atoms with Crippen LogP contribution in [0.5, 0.6) is 0 Å². The van der Waals surface area contributed by atoms with Gasteiger partial charge < -0.3 is 10.6 Å². The van der Waals surface area contributed by atoms with Gasteiger partial charge in [-0.2, -0.15) is 0 Å². The molecule has 2 aromatic rings. The smallest absolute Gasteiger partial charge is 0.271 e. The number of rotatable bonds is 3. The quantitative estimate of drug-likeness (QED) is 0.914. The third-order valence-electron chi connectivity index (χ3n) is 3.31. The summed E-state index contributed by atoms with van der Waals surface area (Å²) < 4.78 is 27.4. The molecule has 21 heavy (non-hydrogen) atoms. The van der Waals surface area contributed by atoms with Crippen LogP contribution in [0.1, 0.15) is 16.9 Å². The number of amides is 1. The molecule has 2 N–H and O–H groups in total. The molecule has 0 bridgehead atoms. The zero-order chi connectivity index (χ0) is 14.8. The summed E-state index contributed by atoms with van der Waals surface area (Å²) in [6.45, 7) is 1.60. The van der Waals surface area contributed by atoms with Crippen LogP contribution in [-0.4, -0.2) is 30.0 Å². The molecule has 7 heteroatoms. The highest BCUT2D eigenvalue weighted by molar-refractivity contribution is 7.13. The second-order valence-electron chi connectivity index (χ2n) is 4.80. The van der Waals surface area contributed by atoms with Crippen molar-refractivity contribution in [3.63, 3.8) is 0 Å². The number of halogens is 2. The Balaban J connectivity index is 1.81. The molecular formula is C14H13F2N3OS. The van der Waals surface area contributed by atoms with Gasteiger partial charge in [0.05, 0.1) is 5.56 Å². The van der Waals surface area contributed by atoms with Crippen LogP contribution in [0.4, 0.5) is 8.78 Å². The van der Waals surface area contributed by atoms with Crippen molar-refractivity contribution in [3.05, 3.63) is 40.9 Å². The van der Waals surface area contributed by atoms with Gasteiger partial charge in [0.15, 0.2) is 0 Å². The van der Waals surface area contributed by atoms with Gasteiger partial charge in [-0.1, -0.05) is 6.07 Å². The first-order chi connectivity index (χ1) is 10.1. The average Bonchev–Trinajstić information content (AvgIpc) is 3.10. The molecular weight excluding hydrogens is 296 g/mol. The maximum atomic E-state index is 13.7. The highest BCUT2D eigenvalue weighted by Gasteiger charge is 2.21. The Kier molecular flexibility index (Phi) is 3.94. The van der Waals surface area contributed by atoms with Crippen molar-refractivity contribution < 1.29 is 13.6 Å². The van der Waals surface area contributed by atoms with E-state index in [0.717, 1.165) is 30.8 Å². The second-order valence-corrected chi connectivity index (χ2v) is 5.66. The van der Waals surface area contributed by atoms with Gasteiger partial charge in [-0.15, -0.1) is 11.3 Å². The van der Waals surface area contributed by atoms with Gasteiger partial charge in [0, 0.05) is 18.0 Å². The molecule has 0 aliphatic carbocycles. The van der Waals surface area contributed by atoms with Crippen LogP contribution in [-0.2, 0) is 0 Å². The number of nitrogens with one attached hydrogen (secondary N) is 2. The van der Waals surface area contributed by atoms with Gasteiger partial charge in [0.1, 0.15) is 22.3 Å². The maximum Gasteiger partial charge on any atom is 0.271 e. The van der Waals surface area contributed by atoms with E-state index in [9.17, 15) is 13.6 Å². The molecule has 1 aromatic heterocycles. The summed E-state index contributed by atoms with van der Waals surface area (Å²) >= 11 is 1.05. The van der Waals surface area contributed by atoms with E-state index in [1.165, 1.54) is 23.6 Å². The maximum absolute atomic E-state index is 13.7. The summed E-state index contributed by atoms with van der Waals surface area (Å²) in [5.41, 5.74) is -0.00589. The van der Waals surface area contributed by atoms with E-state index < -0.39 is 11.6 Å². The van der Waals surface area contributed by atoms with Crippen LogP contribution in [0.2, 0.25) is 0 Å². The molecule has 1 unspecified atom stereocenters. The Morgan fingerprint density at radius 1 is 1.38 bits per heavy atom. The normalized spacial score (nSPS) is 17.9. The minimum absolute atomic E-state index is 0.0767. The molecule has 1 aromatic carbocycles. The lowest BCUT2D eigenvalue weighted by molar-refractivity contribution is 0.0936. The van der Waals surface area contributed by atoms with Crippen molar-refractivity contribution in [2.75, 3.05) is 13.1 Å². The molecule has 1 fully saturated rings. The lowest BCUT2D eigenvalue weighted by Crippen LogP contribution is -2.36. The van der Waals surface area contributed by atoms with Crippen molar-refractivity contribution in [1.82, 2.24) is 15.6 Å². The van der Waals surface area contributed by atoms with Gasteiger partial charge in [0.2, 0.25) is 0 Å². The number of thiazole rings is 1. The Labute approximate surface area is 124 Å². The number of hydrogen-bond donors (Lipinski definition) is 2. The monoisotopic (exact) mass is 309 g/mol. The Bertz CT molecular complexity index is 648. The SMILES string of the molecule is O=C(NC1CCNC1)c1csc(-c2c(F)cccc2F)n1. The summed E-state index contributed by atoms with van der Waals surface area (Å²) in [6, 6.07) is 3.71. The number of carbonyl (C=O) groups excluding carboxylic acids is 1. The van der Waals surface area contributed by atoms with E-state index in [2.05, 4.69) is 15.6 Å². The lowest BCUT2D eigenvalue weighted by atomic mass is 10.2. The molecule has 2 heterocycles. The fraction of sp³-hybridized carbons (Fsp3) is 0.286. The van der Waals surface area contributed by atoms with Gasteiger partial charge in [-0.05, 0) is 25.1 Å². The highest BCUT2D eigenvalue weighted by atomic mass is 32.1. The van der Waals surface area contributed by atoms with Crippen molar-refractivity contribution in [2.45, 2.75) is 12.5 Å². The highest BCUT2D eigenvalue weighted by Crippen LogP contribution is 2.28. The molecule has 1 aliphatic rings. The molecule has 0 spiro atoms. The van der Waals surface area contributed by atoms with Crippen LogP contribution in [0, 0.1) is 11.6 Å². The first-order valence-corrected chi connectivity index (χ1v) is 7.44. The van der Waals surface area contributed by atoms with E-state index in [0.29, 0.717) is 0 Å². The van der Waals surface area contributed by atoms with Crippen LogP contribution in [0.15, 0.2) is 23.6 Å². The zero-order valence-electron chi connectivity index (χ0n) is 11.0. The number of carbonyl (C=O) groups is 1. The van der Waals surface area contributed by atoms with Crippen LogP contribution in [0.3, 0.4) is 0 Å². The summed E-state index contributed by atoms with van der Waals surface area (Å²) in [6.07, 6.45) is 0.866. The van der Waals surface area contributed by atoms with Crippen molar-refractivity contribution >= 4 is 17.2 Å². The second kappa shape index (κ2) is 5.87. The van der Waals surface area contributed by atoms with E-state index in [1.807, 2.05) is 0 Å². The fourth-order valence-corrected chi connectivity index (χ4v) is 3.08. The van der Waals surface area contributed by atoms with Crippen molar-refractivity contribution in [3.8, 4) is 10.6 Å². The zero-order valence-corrected chi connectivity index (χ0v) is 11.8. The minimum atomic E-state index is -0.684. The van der Waals surface area contributed by atoms with Crippen LogP contribution >= 0.6 is 11.3 Å². The van der Waals surface area contributed by atoms with Gasteiger partial charge in [-0.3, -0.25) is 4.79 Å². The Morgan fingerprint density at radius 3 is 2.81 bits per heavy atom. The fourth-order valence-electron chi connectivity index (χ4n) is 2.23. The van der Waals surface area contributed by atoms with Crippen molar-refractivity contribution in [1.29, 1.82) is 0 Å². The Hall–Kier alpha value is -1.86. The van der Waals surface area contributed by atoms with Crippen LogP contribution in [0.25, 0.3) is 10.6 Å². The number of aromatic nitrogens is 1. The van der Waals surface area contributed by atoms with Gasteiger partial charge in [0.25, 0.3) is 5.91 Å². The van der Waals surface area contributed by atoms with E-state index in [4.69, 9.17) is 0 Å². The third kappa shape index (κ3) is 2.93. The van der Waals surface area contributed by atoms with E-state index >= 15 is 0 Å². The molecule has 110 valence electrons. The molecule has 1 aliphatic heterocycles. The summed E-state index contributed by atoms with van der Waals surface area (Å²) in [7, 11) is 0. The Morgan fingerprint density at radius 2 is 2.14 bits per heavy atom. The molecule has 0 saturated carbocycles. The molecule has 1 atom stereocenters. The van der Waals surface area contributed by atoms with Crippen LogP contribution < -0.4 is 10.6 Å². The number of benzene rings is 1. The van der Waals surface area contributed by atoms with E-state index in [-0.39, 0.29) is 28.2 Å². The third-order valence-corrected chi connectivity index (χ3v) is 4.17. The molecule has 4 nitrogen and oxygen atoms in total. The standard InChI is InChI=1S/C14H13F2N3OS/c15-9-2-1-3-10(16)12(9)14-19-11(7-21-14)13(20)18-8-4-5-17-6-8/h1-3,7-8,17H,4-6H2,(H,18,20). The van der Waals surface area contributed by atoms with Gasteiger partial charge in [-0.25, -0.2) is 13.8 Å². The van der Waals surface area contributed by atoms with E-state index in [1.54, 1.807) is 0 Å². The topological polar surface area (TPSA) is 54.0 Å². The summed E-state index contributed by atoms with van der Waals surface area (Å²) in [4.78, 5) is 16.1. The van der Waals surface area contributed by atoms with Gasteiger partial charge >= 0.3 is 0 Å². The molecule has 1 saturated heterocycles. The summed E-state index contributed by atoms with van der Waals surface area (Å²) in [5.74, 6) is -1.68. The first kappa shape index (κ1) is 14.1. The molecule has 0 radical (unpaired) electrons. The average molecular weight is 309 g/mol. The molecule has 1 amide bonds. The summed E-state index contributed by atoms with van der Waals surface area (Å²) in [5, 5.41) is 7.67. The number of nitrogens with zero attached hydrogens (tertiary/aromatic N) is 1.